The summed E-state index contributed by atoms with van der Waals surface area (Å²) in [6.07, 6.45) is 4.34. The molecule has 0 bridgehead atoms. The van der Waals surface area contributed by atoms with Gasteiger partial charge in [0.15, 0.2) is 0 Å². The maximum Gasteiger partial charge on any atom is 0.134 e. The second kappa shape index (κ2) is 5.28. The van der Waals surface area contributed by atoms with Crippen LogP contribution in [0.15, 0.2) is 42.9 Å². The molecule has 0 fully saturated rings. The van der Waals surface area contributed by atoms with Crippen molar-refractivity contribution in [1.82, 2.24) is 15.0 Å². The van der Waals surface area contributed by atoms with Gasteiger partial charge in [-0.3, -0.25) is 0 Å². The van der Waals surface area contributed by atoms with Crippen LogP contribution < -0.4 is 5.32 Å². The van der Waals surface area contributed by atoms with E-state index in [1.54, 1.807) is 6.07 Å². The minimum atomic E-state index is 0.449. The van der Waals surface area contributed by atoms with Crippen LogP contribution in [0.2, 0.25) is 5.15 Å². The van der Waals surface area contributed by atoms with Crippen LogP contribution in [0.25, 0.3) is 10.9 Å². The van der Waals surface area contributed by atoms with Gasteiger partial charge in [-0.05, 0) is 29.5 Å². The number of nitrogens with zero attached hydrogens (tertiary/aromatic N) is 2. The number of rotatable bonds is 4. The van der Waals surface area contributed by atoms with Gasteiger partial charge in [0.25, 0.3) is 0 Å². The number of aromatic amines is 1. The maximum absolute atomic E-state index is 5.80. The molecule has 2 N–H and O–H groups in total. The topological polar surface area (TPSA) is 53.6 Å². The minimum absolute atomic E-state index is 0.449. The standard InChI is InChI=1S/C14H13ClN4/c15-13-8-14(19-9-18-13)17-5-3-10-1-2-11-4-6-16-12(11)7-10/h1-2,4,6-9,16H,3,5H2,(H,17,18,19). The van der Waals surface area contributed by atoms with Crippen LogP contribution in [0.5, 0.6) is 0 Å². The van der Waals surface area contributed by atoms with E-state index in [1.165, 1.54) is 22.8 Å². The van der Waals surface area contributed by atoms with Crippen molar-refractivity contribution >= 4 is 28.3 Å². The van der Waals surface area contributed by atoms with Gasteiger partial charge in [0.05, 0.1) is 0 Å². The predicted molar refractivity (Wildman–Crippen MR) is 77.5 cm³/mol. The lowest BCUT2D eigenvalue weighted by molar-refractivity contribution is 1.00. The largest absolute Gasteiger partial charge is 0.370 e. The fourth-order valence-electron chi connectivity index (χ4n) is 2.02. The number of hydrogen-bond acceptors (Lipinski definition) is 3. The molecule has 0 spiro atoms. The van der Waals surface area contributed by atoms with Gasteiger partial charge < -0.3 is 10.3 Å². The van der Waals surface area contributed by atoms with Gasteiger partial charge in [0, 0.05) is 24.3 Å². The molecule has 0 amide bonds. The molecule has 0 saturated carbocycles. The molecule has 0 aliphatic rings. The van der Waals surface area contributed by atoms with E-state index in [-0.39, 0.29) is 0 Å². The fourth-order valence-corrected chi connectivity index (χ4v) is 2.16. The van der Waals surface area contributed by atoms with Crippen LogP contribution in [0.4, 0.5) is 5.82 Å². The van der Waals surface area contributed by atoms with Crippen LogP contribution >= 0.6 is 11.6 Å². The van der Waals surface area contributed by atoms with Crippen LogP contribution in [0, 0.1) is 0 Å². The maximum atomic E-state index is 5.80. The zero-order chi connectivity index (χ0) is 13.1. The number of fused-ring (bicyclic) bond motifs is 1. The third-order valence-corrected chi connectivity index (χ3v) is 3.18. The van der Waals surface area contributed by atoms with Crippen molar-refractivity contribution in [2.45, 2.75) is 6.42 Å². The zero-order valence-electron chi connectivity index (χ0n) is 10.2. The Hall–Kier alpha value is -2.07. The van der Waals surface area contributed by atoms with Crippen LogP contribution in [-0.2, 0) is 6.42 Å². The van der Waals surface area contributed by atoms with Crippen molar-refractivity contribution in [1.29, 1.82) is 0 Å². The molecule has 4 nitrogen and oxygen atoms in total. The highest BCUT2D eigenvalue weighted by molar-refractivity contribution is 6.29. The molecule has 0 unspecified atom stereocenters. The quantitative estimate of drug-likeness (QED) is 0.717. The molecule has 0 atom stereocenters. The predicted octanol–water partition coefficient (Wildman–Crippen LogP) is 3.27. The fraction of sp³-hybridized carbons (Fsp3) is 0.143. The Balaban J connectivity index is 1.62. The summed E-state index contributed by atoms with van der Waals surface area (Å²) in [5.74, 6) is 0.751. The third-order valence-electron chi connectivity index (χ3n) is 2.97. The Labute approximate surface area is 115 Å². The molecule has 2 aromatic heterocycles. The molecular formula is C14H13ClN4. The molecule has 2 heterocycles. The Morgan fingerprint density at radius 3 is 3.00 bits per heavy atom. The van der Waals surface area contributed by atoms with Gasteiger partial charge in [-0.1, -0.05) is 23.7 Å². The lowest BCUT2D eigenvalue weighted by Gasteiger charge is -2.05. The van der Waals surface area contributed by atoms with Gasteiger partial charge in [-0.25, -0.2) is 9.97 Å². The average Bonchev–Trinajstić information content (AvgIpc) is 2.86. The van der Waals surface area contributed by atoms with Gasteiger partial charge in [0.1, 0.15) is 17.3 Å². The van der Waals surface area contributed by atoms with E-state index in [9.17, 15) is 0 Å². The zero-order valence-corrected chi connectivity index (χ0v) is 11.0. The highest BCUT2D eigenvalue weighted by Gasteiger charge is 1.99. The van der Waals surface area contributed by atoms with Crippen molar-refractivity contribution in [3.63, 3.8) is 0 Å². The first kappa shape index (κ1) is 12.0. The second-order valence-corrected chi connectivity index (χ2v) is 4.69. The number of benzene rings is 1. The van der Waals surface area contributed by atoms with Crippen LogP contribution in [-0.4, -0.2) is 21.5 Å². The lowest BCUT2D eigenvalue weighted by Crippen LogP contribution is -2.06. The van der Waals surface area contributed by atoms with Crippen molar-refractivity contribution in [2.24, 2.45) is 0 Å². The average molecular weight is 273 g/mol. The Kier molecular flexibility index (Phi) is 3.33. The van der Waals surface area contributed by atoms with Gasteiger partial charge >= 0.3 is 0 Å². The first-order valence-corrected chi connectivity index (χ1v) is 6.46. The third kappa shape index (κ3) is 2.85. The highest BCUT2D eigenvalue weighted by atomic mass is 35.5. The van der Waals surface area contributed by atoms with Crippen LogP contribution in [0.1, 0.15) is 5.56 Å². The SMILES string of the molecule is Clc1cc(NCCc2ccc3cc[nH]c3c2)ncn1. The second-order valence-electron chi connectivity index (χ2n) is 4.30. The molecule has 0 radical (unpaired) electrons. The van der Waals surface area contributed by atoms with Crippen molar-refractivity contribution < 1.29 is 0 Å². The monoisotopic (exact) mass is 272 g/mol. The molecule has 5 heteroatoms. The Morgan fingerprint density at radius 1 is 1.16 bits per heavy atom. The molecule has 19 heavy (non-hydrogen) atoms. The molecule has 3 rings (SSSR count). The molecule has 3 aromatic rings. The van der Waals surface area contributed by atoms with Gasteiger partial charge in [0.2, 0.25) is 0 Å². The number of anilines is 1. The summed E-state index contributed by atoms with van der Waals surface area (Å²) in [4.78, 5) is 11.2. The molecule has 0 saturated heterocycles. The summed E-state index contributed by atoms with van der Waals surface area (Å²) in [7, 11) is 0. The highest BCUT2D eigenvalue weighted by Crippen LogP contribution is 2.15. The summed E-state index contributed by atoms with van der Waals surface area (Å²) in [6, 6.07) is 10.2. The van der Waals surface area contributed by atoms with Crippen molar-refractivity contribution in [2.75, 3.05) is 11.9 Å². The van der Waals surface area contributed by atoms with Crippen molar-refractivity contribution in [3.05, 3.63) is 53.6 Å². The number of aromatic nitrogens is 3. The number of H-pyrrole nitrogens is 1. The van der Waals surface area contributed by atoms with E-state index in [1.807, 2.05) is 6.20 Å². The van der Waals surface area contributed by atoms with E-state index in [0.29, 0.717) is 5.15 Å². The van der Waals surface area contributed by atoms with E-state index in [4.69, 9.17) is 11.6 Å². The smallest absolute Gasteiger partial charge is 0.134 e. The van der Waals surface area contributed by atoms with Gasteiger partial charge in [-0.15, -0.1) is 0 Å². The number of halogens is 1. The Bertz CT molecular complexity index is 692. The van der Waals surface area contributed by atoms with E-state index in [2.05, 4.69) is 44.5 Å². The summed E-state index contributed by atoms with van der Waals surface area (Å²) in [5.41, 5.74) is 2.45. The molecule has 1 aromatic carbocycles. The van der Waals surface area contributed by atoms with E-state index >= 15 is 0 Å². The summed E-state index contributed by atoms with van der Waals surface area (Å²) < 4.78 is 0. The normalized spacial score (nSPS) is 10.8. The van der Waals surface area contributed by atoms with Crippen LogP contribution in [0.3, 0.4) is 0 Å². The molecule has 0 aliphatic heterocycles. The summed E-state index contributed by atoms with van der Waals surface area (Å²) in [5, 5.41) is 4.91. The molecule has 96 valence electrons. The summed E-state index contributed by atoms with van der Waals surface area (Å²) >= 11 is 5.80. The molecule has 0 aliphatic carbocycles. The summed E-state index contributed by atoms with van der Waals surface area (Å²) in [6.45, 7) is 0.805. The van der Waals surface area contributed by atoms with Gasteiger partial charge in [-0.2, -0.15) is 0 Å². The van der Waals surface area contributed by atoms with E-state index in [0.717, 1.165) is 18.8 Å². The number of hydrogen-bond donors (Lipinski definition) is 2. The number of nitrogens with one attached hydrogen (secondary N) is 2. The van der Waals surface area contributed by atoms with Crippen molar-refractivity contribution in [3.8, 4) is 0 Å². The Morgan fingerprint density at radius 2 is 2.11 bits per heavy atom. The first-order valence-electron chi connectivity index (χ1n) is 6.09. The minimum Gasteiger partial charge on any atom is -0.370 e. The lowest BCUT2D eigenvalue weighted by atomic mass is 10.1. The first-order chi connectivity index (χ1) is 9.31. The molecular weight excluding hydrogens is 260 g/mol. The van der Waals surface area contributed by atoms with E-state index < -0.39 is 0 Å².